The molecule has 20 heavy (non-hydrogen) atoms. The van der Waals surface area contributed by atoms with E-state index in [1.165, 1.54) is 6.20 Å². The summed E-state index contributed by atoms with van der Waals surface area (Å²) < 4.78 is 5.17. The molecule has 5 nitrogen and oxygen atoms in total. The van der Waals surface area contributed by atoms with Gasteiger partial charge in [0, 0.05) is 31.7 Å². The average molecular weight is 271 g/mol. The number of methoxy groups -OCH3 is 1. The highest BCUT2D eigenvalue weighted by Crippen LogP contribution is 2.16. The van der Waals surface area contributed by atoms with Crippen molar-refractivity contribution in [3.05, 3.63) is 53.9 Å². The summed E-state index contributed by atoms with van der Waals surface area (Å²) >= 11 is 0. The van der Waals surface area contributed by atoms with Gasteiger partial charge in [-0.1, -0.05) is 12.1 Å². The van der Waals surface area contributed by atoms with E-state index in [1.54, 1.807) is 31.3 Å². The molecule has 2 rings (SSSR count). The van der Waals surface area contributed by atoms with Crippen molar-refractivity contribution in [3.63, 3.8) is 0 Å². The van der Waals surface area contributed by atoms with Crippen LogP contribution in [0, 0.1) is 0 Å². The fraction of sp³-hybridized carbons (Fsp3) is 0.200. The number of carbonyl (C=O) groups is 1. The molecule has 0 spiro atoms. The number of hydrogen-bond acceptors (Lipinski definition) is 4. The second-order valence-electron chi connectivity index (χ2n) is 4.48. The molecule has 0 aliphatic heterocycles. The third kappa shape index (κ3) is 3.06. The molecular formula is C15H17N3O2. The standard InChI is InChI=1S/C15H17N3O2/c1-18(10-11-4-3-5-12(8-11)20-2)15(19)13-9-17-7-6-14(13)16/h3-9H,10H2,1-2H3,(H2,16,17). The molecular weight excluding hydrogens is 254 g/mol. The topological polar surface area (TPSA) is 68.5 Å². The predicted octanol–water partition coefficient (Wildman–Crippen LogP) is 1.94. The number of carbonyl (C=O) groups excluding carboxylic acids is 1. The largest absolute Gasteiger partial charge is 0.497 e. The van der Waals surface area contributed by atoms with Crippen LogP contribution in [-0.2, 0) is 6.54 Å². The van der Waals surface area contributed by atoms with Gasteiger partial charge in [0.2, 0.25) is 0 Å². The summed E-state index contributed by atoms with van der Waals surface area (Å²) in [5, 5.41) is 0. The van der Waals surface area contributed by atoms with Gasteiger partial charge in [-0.3, -0.25) is 9.78 Å². The number of nitrogens with two attached hydrogens (primary N) is 1. The van der Waals surface area contributed by atoms with E-state index < -0.39 is 0 Å². The Bertz CT molecular complexity index is 614. The molecule has 1 amide bonds. The van der Waals surface area contributed by atoms with E-state index in [2.05, 4.69) is 4.98 Å². The Morgan fingerprint density at radius 2 is 2.20 bits per heavy atom. The maximum atomic E-state index is 12.3. The molecule has 0 saturated carbocycles. The van der Waals surface area contributed by atoms with E-state index in [1.807, 2.05) is 24.3 Å². The van der Waals surface area contributed by atoms with Gasteiger partial charge in [0.1, 0.15) is 5.75 Å². The van der Waals surface area contributed by atoms with Crippen molar-refractivity contribution in [2.24, 2.45) is 0 Å². The number of pyridine rings is 1. The highest BCUT2D eigenvalue weighted by atomic mass is 16.5. The van der Waals surface area contributed by atoms with Crippen LogP contribution in [0.2, 0.25) is 0 Å². The van der Waals surface area contributed by atoms with E-state index in [0.29, 0.717) is 17.8 Å². The van der Waals surface area contributed by atoms with Gasteiger partial charge in [0.25, 0.3) is 5.91 Å². The zero-order valence-electron chi connectivity index (χ0n) is 11.5. The van der Waals surface area contributed by atoms with E-state index >= 15 is 0 Å². The first-order valence-electron chi connectivity index (χ1n) is 6.19. The van der Waals surface area contributed by atoms with Crippen LogP contribution in [0.15, 0.2) is 42.7 Å². The number of amides is 1. The molecule has 0 saturated heterocycles. The molecule has 1 aromatic carbocycles. The zero-order valence-corrected chi connectivity index (χ0v) is 11.5. The molecule has 0 fully saturated rings. The first-order chi connectivity index (χ1) is 9.61. The Morgan fingerprint density at radius 1 is 1.40 bits per heavy atom. The number of rotatable bonds is 4. The van der Waals surface area contributed by atoms with Crippen LogP contribution in [0.5, 0.6) is 5.75 Å². The fourth-order valence-electron chi connectivity index (χ4n) is 1.91. The van der Waals surface area contributed by atoms with Crippen molar-refractivity contribution in [2.45, 2.75) is 6.54 Å². The minimum Gasteiger partial charge on any atom is -0.497 e. The lowest BCUT2D eigenvalue weighted by Gasteiger charge is -2.18. The summed E-state index contributed by atoms with van der Waals surface area (Å²) in [7, 11) is 3.35. The molecule has 0 bridgehead atoms. The van der Waals surface area contributed by atoms with E-state index in [-0.39, 0.29) is 5.91 Å². The number of benzene rings is 1. The minimum atomic E-state index is -0.154. The number of ether oxygens (including phenoxy) is 1. The molecule has 104 valence electrons. The number of aromatic nitrogens is 1. The normalized spacial score (nSPS) is 10.1. The van der Waals surface area contributed by atoms with Crippen LogP contribution < -0.4 is 10.5 Å². The Labute approximate surface area is 118 Å². The van der Waals surface area contributed by atoms with Crippen molar-refractivity contribution in [3.8, 4) is 5.75 Å². The summed E-state index contributed by atoms with van der Waals surface area (Å²) in [6, 6.07) is 9.22. The zero-order chi connectivity index (χ0) is 14.5. The quantitative estimate of drug-likeness (QED) is 0.922. The monoisotopic (exact) mass is 271 g/mol. The number of anilines is 1. The Hall–Kier alpha value is -2.56. The van der Waals surface area contributed by atoms with Gasteiger partial charge in [0.15, 0.2) is 0 Å². The maximum Gasteiger partial charge on any atom is 0.257 e. The lowest BCUT2D eigenvalue weighted by atomic mass is 10.1. The van der Waals surface area contributed by atoms with E-state index in [4.69, 9.17) is 10.5 Å². The summed E-state index contributed by atoms with van der Waals surface area (Å²) in [6.07, 6.45) is 3.05. The minimum absolute atomic E-state index is 0.154. The second kappa shape index (κ2) is 6.06. The van der Waals surface area contributed by atoms with Crippen molar-refractivity contribution < 1.29 is 9.53 Å². The van der Waals surface area contributed by atoms with E-state index in [9.17, 15) is 4.79 Å². The summed E-state index contributed by atoms with van der Waals surface area (Å²) in [5.74, 6) is 0.614. The third-order valence-electron chi connectivity index (χ3n) is 2.99. The van der Waals surface area contributed by atoms with Crippen LogP contribution in [0.25, 0.3) is 0 Å². The SMILES string of the molecule is COc1cccc(CN(C)C(=O)c2cnccc2N)c1. The van der Waals surface area contributed by atoms with Crippen molar-refractivity contribution in [2.75, 3.05) is 19.9 Å². The van der Waals surface area contributed by atoms with E-state index in [0.717, 1.165) is 11.3 Å². The van der Waals surface area contributed by atoms with Crippen LogP contribution in [0.4, 0.5) is 5.69 Å². The molecule has 5 heteroatoms. The van der Waals surface area contributed by atoms with Crippen molar-refractivity contribution >= 4 is 11.6 Å². The molecule has 2 N–H and O–H groups in total. The highest BCUT2D eigenvalue weighted by molar-refractivity contribution is 5.98. The second-order valence-corrected chi connectivity index (χ2v) is 4.48. The Balaban J connectivity index is 2.13. The molecule has 0 atom stereocenters. The van der Waals surface area contributed by atoms with Gasteiger partial charge in [-0.15, -0.1) is 0 Å². The summed E-state index contributed by atoms with van der Waals surface area (Å²) in [6.45, 7) is 0.477. The van der Waals surface area contributed by atoms with Crippen molar-refractivity contribution in [1.29, 1.82) is 0 Å². The Kier molecular flexibility index (Phi) is 4.20. The summed E-state index contributed by atoms with van der Waals surface area (Å²) in [4.78, 5) is 17.8. The number of nitrogens with zero attached hydrogens (tertiary/aromatic N) is 2. The lowest BCUT2D eigenvalue weighted by Crippen LogP contribution is -2.27. The van der Waals surface area contributed by atoms with Crippen LogP contribution in [0.3, 0.4) is 0 Å². The van der Waals surface area contributed by atoms with Gasteiger partial charge < -0.3 is 15.4 Å². The van der Waals surface area contributed by atoms with Gasteiger partial charge >= 0.3 is 0 Å². The lowest BCUT2D eigenvalue weighted by molar-refractivity contribution is 0.0785. The Morgan fingerprint density at radius 3 is 2.90 bits per heavy atom. The van der Waals surface area contributed by atoms with Gasteiger partial charge in [-0.05, 0) is 23.8 Å². The fourth-order valence-corrected chi connectivity index (χ4v) is 1.91. The summed E-state index contributed by atoms with van der Waals surface area (Å²) in [5.41, 5.74) is 7.63. The molecule has 2 aromatic rings. The van der Waals surface area contributed by atoms with Crippen molar-refractivity contribution in [1.82, 2.24) is 9.88 Å². The van der Waals surface area contributed by atoms with Gasteiger partial charge in [-0.25, -0.2) is 0 Å². The predicted molar refractivity (Wildman–Crippen MR) is 77.4 cm³/mol. The number of nitrogen functional groups attached to an aromatic ring is 1. The maximum absolute atomic E-state index is 12.3. The number of hydrogen-bond donors (Lipinski definition) is 1. The first-order valence-corrected chi connectivity index (χ1v) is 6.19. The molecule has 1 heterocycles. The van der Waals surface area contributed by atoms with Crippen LogP contribution >= 0.6 is 0 Å². The highest BCUT2D eigenvalue weighted by Gasteiger charge is 2.15. The van der Waals surface area contributed by atoms with Gasteiger partial charge in [-0.2, -0.15) is 0 Å². The van der Waals surface area contributed by atoms with Crippen LogP contribution in [-0.4, -0.2) is 29.9 Å². The van der Waals surface area contributed by atoms with Gasteiger partial charge in [0.05, 0.1) is 12.7 Å². The molecule has 0 unspecified atom stereocenters. The molecule has 0 aliphatic rings. The average Bonchev–Trinajstić information content (AvgIpc) is 2.47. The van der Waals surface area contributed by atoms with Crippen LogP contribution in [0.1, 0.15) is 15.9 Å². The molecule has 0 aliphatic carbocycles. The molecule has 0 radical (unpaired) electrons. The molecule has 1 aromatic heterocycles. The first kappa shape index (κ1) is 13.9. The third-order valence-corrected chi connectivity index (χ3v) is 2.99. The smallest absolute Gasteiger partial charge is 0.257 e.